The SMILES string of the molecule is CCCCCCC#C[C@H]1CCC[C@@H]1CCCCC=CC(=O)O. The molecule has 0 aliphatic heterocycles. The molecule has 0 aromatic carbocycles. The molecule has 0 amide bonds. The predicted octanol–water partition coefficient (Wildman–Crippen LogP) is 5.58. The first-order valence-corrected chi connectivity index (χ1v) is 9.12. The zero-order valence-electron chi connectivity index (χ0n) is 14.2. The molecule has 124 valence electrons. The van der Waals surface area contributed by atoms with Crippen molar-refractivity contribution in [1.82, 2.24) is 0 Å². The van der Waals surface area contributed by atoms with Gasteiger partial charge in [0.1, 0.15) is 0 Å². The highest BCUT2D eigenvalue weighted by atomic mass is 16.4. The minimum Gasteiger partial charge on any atom is -0.478 e. The Balaban J connectivity index is 2.14. The lowest BCUT2D eigenvalue weighted by molar-refractivity contribution is -0.131. The molecule has 0 heterocycles. The smallest absolute Gasteiger partial charge is 0.327 e. The van der Waals surface area contributed by atoms with Crippen LogP contribution in [-0.2, 0) is 4.79 Å². The molecule has 2 nitrogen and oxygen atoms in total. The zero-order valence-corrected chi connectivity index (χ0v) is 14.2. The van der Waals surface area contributed by atoms with E-state index in [2.05, 4.69) is 18.8 Å². The predicted molar refractivity (Wildman–Crippen MR) is 92.6 cm³/mol. The van der Waals surface area contributed by atoms with Crippen LogP contribution in [0.15, 0.2) is 12.2 Å². The van der Waals surface area contributed by atoms with Crippen molar-refractivity contribution in [1.29, 1.82) is 0 Å². The summed E-state index contributed by atoms with van der Waals surface area (Å²) in [6.45, 7) is 2.24. The average Bonchev–Trinajstić information content (AvgIpc) is 2.93. The first-order chi connectivity index (χ1) is 10.7. The van der Waals surface area contributed by atoms with E-state index in [1.54, 1.807) is 6.08 Å². The molecule has 2 atom stereocenters. The second kappa shape index (κ2) is 12.3. The lowest BCUT2D eigenvalue weighted by atomic mass is 9.91. The number of allylic oxidation sites excluding steroid dienone is 1. The van der Waals surface area contributed by atoms with Crippen molar-refractivity contribution in [2.45, 2.75) is 84.0 Å². The molecule has 1 rings (SSSR count). The fourth-order valence-corrected chi connectivity index (χ4v) is 3.27. The molecular weight excluding hydrogens is 272 g/mol. The van der Waals surface area contributed by atoms with Crippen molar-refractivity contribution < 1.29 is 9.90 Å². The number of aliphatic carboxylic acids is 1. The minimum atomic E-state index is -0.843. The van der Waals surface area contributed by atoms with Gasteiger partial charge in [0.05, 0.1) is 0 Å². The molecule has 1 N–H and O–H groups in total. The van der Waals surface area contributed by atoms with E-state index in [9.17, 15) is 4.79 Å². The first kappa shape index (κ1) is 18.8. The van der Waals surface area contributed by atoms with Crippen LogP contribution in [0.5, 0.6) is 0 Å². The van der Waals surface area contributed by atoms with Gasteiger partial charge in [-0.05, 0) is 44.4 Å². The van der Waals surface area contributed by atoms with Gasteiger partial charge in [-0.2, -0.15) is 0 Å². The Kier molecular flexibility index (Phi) is 10.5. The molecule has 2 heteroatoms. The van der Waals surface area contributed by atoms with Crippen LogP contribution in [0.4, 0.5) is 0 Å². The minimum absolute atomic E-state index is 0.626. The van der Waals surface area contributed by atoms with E-state index < -0.39 is 5.97 Å². The van der Waals surface area contributed by atoms with Crippen molar-refractivity contribution in [2.75, 3.05) is 0 Å². The first-order valence-electron chi connectivity index (χ1n) is 9.12. The number of hydrogen-bond acceptors (Lipinski definition) is 1. The van der Waals surface area contributed by atoms with Crippen LogP contribution in [0, 0.1) is 23.7 Å². The Morgan fingerprint density at radius 1 is 1.18 bits per heavy atom. The summed E-state index contributed by atoms with van der Waals surface area (Å²) in [5.74, 6) is 7.51. The maximum atomic E-state index is 10.4. The summed E-state index contributed by atoms with van der Waals surface area (Å²) in [5.41, 5.74) is 0. The van der Waals surface area contributed by atoms with Gasteiger partial charge in [-0.25, -0.2) is 4.79 Å². The van der Waals surface area contributed by atoms with E-state index in [4.69, 9.17) is 5.11 Å². The second-order valence-corrected chi connectivity index (χ2v) is 6.45. The molecule has 0 aromatic heterocycles. The van der Waals surface area contributed by atoms with Crippen LogP contribution in [-0.4, -0.2) is 11.1 Å². The molecule has 0 saturated heterocycles. The Labute approximate surface area is 136 Å². The number of carboxylic acids is 1. The molecule has 1 aliphatic rings. The molecule has 0 unspecified atom stereocenters. The van der Waals surface area contributed by atoms with Crippen LogP contribution in [0.3, 0.4) is 0 Å². The third-order valence-electron chi connectivity index (χ3n) is 4.56. The van der Waals surface area contributed by atoms with Crippen LogP contribution in [0.25, 0.3) is 0 Å². The maximum Gasteiger partial charge on any atom is 0.327 e. The number of hydrogen-bond donors (Lipinski definition) is 1. The molecule has 1 saturated carbocycles. The summed E-state index contributed by atoms with van der Waals surface area (Å²) >= 11 is 0. The van der Waals surface area contributed by atoms with Gasteiger partial charge in [0.15, 0.2) is 0 Å². The van der Waals surface area contributed by atoms with Gasteiger partial charge in [0.2, 0.25) is 0 Å². The topological polar surface area (TPSA) is 37.3 Å². The van der Waals surface area contributed by atoms with E-state index in [0.29, 0.717) is 5.92 Å². The highest BCUT2D eigenvalue weighted by Gasteiger charge is 2.24. The van der Waals surface area contributed by atoms with Gasteiger partial charge in [-0.1, -0.05) is 51.0 Å². The molecular formula is C20H32O2. The standard InChI is InChI=1S/C20H32O2/c1-2-3-4-5-6-9-13-18-15-12-16-19(18)14-10-7-8-11-17-20(21)22/h11,17-19H,2-8,10,12,14-16H2,1H3,(H,21,22)/t18-,19-/m0/s1. The van der Waals surface area contributed by atoms with Gasteiger partial charge >= 0.3 is 5.97 Å². The van der Waals surface area contributed by atoms with Crippen molar-refractivity contribution in [3.8, 4) is 11.8 Å². The lowest BCUT2D eigenvalue weighted by Crippen LogP contribution is -2.05. The fraction of sp³-hybridized carbons (Fsp3) is 0.750. The van der Waals surface area contributed by atoms with Crippen LogP contribution in [0.2, 0.25) is 0 Å². The fourth-order valence-electron chi connectivity index (χ4n) is 3.27. The number of carbonyl (C=O) groups is 1. The van der Waals surface area contributed by atoms with Crippen molar-refractivity contribution in [2.24, 2.45) is 11.8 Å². The van der Waals surface area contributed by atoms with Crippen molar-refractivity contribution in [3.63, 3.8) is 0 Å². The van der Waals surface area contributed by atoms with Crippen LogP contribution < -0.4 is 0 Å². The summed E-state index contributed by atoms with van der Waals surface area (Å²) in [5, 5.41) is 8.53. The van der Waals surface area contributed by atoms with Crippen LogP contribution >= 0.6 is 0 Å². The Morgan fingerprint density at radius 3 is 2.82 bits per heavy atom. The summed E-state index contributed by atoms with van der Waals surface area (Å²) in [4.78, 5) is 10.4. The van der Waals surface area contributed by atoms with Gasteiger partial charge in [-0.15, -0.1) is 5.92 Å². The number of unbranched alkanes of at least 4 members (excludes halogenated alkanes) is 6. The molecule has 0 bridgehead atoms. The quantitative estimate of drug-likeness (QED) is 0.325. The lowest BCUT2D eigenvalue weighted by Gasteiger charge is -2.13. The van der Waals surface area contributed by atoms with E-state index in [-0.39, 0.29) is 0 Å². The summed E-state index contributed by atoms with van der Waals surface area (Å²) in [6.07, 6.45) is 17.7. The highest BCUT2D eigenvalue weighted by Crippen LogP contribution is 2.34. The van der Waals surface area contributed by atoms with E-state index >= 15 is 0 Å². The summed E-state index contributed by atoms with van der Waals surface area (Å²) in [6, 6.07) is 0. The molecule has 1 fully saturated rings. The van der Waals surface area contributed by atoms with Crippen molar-refractivity contribution >= 4 is 5.97 Å². The Morgan fingerprint density at radius 2 is 2.05 bits per heavy atom. The largest absolute Gasteiger partial charge is 0.478 e. The zero-order chi connectivity index (χ0) is 16.0. The monoisotopic (exact) mass is 304 g/mol. The summed E-state index contributed by atoms with van der Waals surface area (Å²) in [7, 11) is 0. The molecule has 1 aliphatic carbocycles. The van der Waals surface area contributed by atoms with Crippen molar-refractivity contribution in [3.05, 3.63) is 12.2 Å². The molecule has 0 aromatic rings. The van der Waals surface area contributed by atoms with Gasteiger partial charge in [-0.3, -0.25) is 0 Å². The highest BCUT2D eigenvalue weighted by molar-refractivity contribution is 5.79. The Bertz CT molecular complexity index is 386. The normalized spacial score (nSPS) is 21.0. The van der Waals surface area contributed by atoms with Crippen LogP contribution in [0.1, 0.15) is 84.0 Å². The molecule has 22 heavy (non-hydrogen) atoms. The van der Waals surface area contributed by atoms with E-state index in [1.807, 2.05) is 0 Å². The number of rotatable bonds is 10. The average molecular weight is 304 g/mol. The maximum absolute atomic E-state index is 10.4. The third-order valence-corrected chi connectivity index (χ3v) is 4.56. The Hall–Kier alpha value is -1.23. The van der Waals surface area contributed by atoms with Gasteiger partial charge in [0, 0.05) is 18.4 Å². The molecule has 0 spiro atoms. The van der Waals surface area contributed by atoms with E-state index in [1.165, 1.54) is 63.9 Å². The molecule has 0 radical (unpaired) electrons. The second-order valence-electron chi connectivity index (χ2n) is 6.45. The van der Waals surface area contributed by atoms with Gasteiger partial charge in [0.25, 0.3) is 0 Å². The van der Waals surface area contributed by atoms with Gasteiger partial charge < -0.3 is 5.11 Å². The third kappa shape index (κ3) is 8.93. The summed E-state index contributed by atoms with van der Waals surface area (Å²) < 4.78 is 0. The number of carboxylic acid groups (broad SMARTS) is 1. The van der Waals surface area contributed by atoms with E-state index in [0.717, 1.165) is 25.2 Å².